The van der Waals surface area contributed by atoms with Crippen LogP contribution >= 0.6 is 0 Å². The van der Waals surface area contributed by atoms with Crippen LogP contribution in [0.4, 0.5) is 0 Å². The Morgan fingerprint density at radius 2 is 1.79 bits per heavy atom. The first-order chi connectivity index (χ1) is 11.1. The molecule has 0 amide bonds. The van der Waals surface area contributed by atoms with Gasteiger partial charge in [-0.2, -0.15) is 0 Å². The molecule has 0 unspecified atom stereocenters. The molecular formula is C19H27NO2SSi. The lowest BCUT2D eigenvalue weighted by molar-refractivity contribution is 0.502. The summed E-state index contributed by atoms with van der Waals surface area (Å²) in [6.45, 7) is 14.2. The summed E-state index contributed by atoms with van der Waals surface area (Å²) in [7, 11) is -5.28. The molecule has 3 nitrogen and oxygen atoms in total. The number of rotatable bonds is 6. The molecule has 0 radical (unpaired) electrons. The minimum Gasteiger partial charge on any atom is -0.225 e. The molecule has 1 aromatic rings. The lowest BCUT2D eigenvalue weighted by atomic mass is 10.2. The van der Waals surface area contributed by atoms with Gasteiger partial charge >= 0.3 is 0 Å². The van der Waals surface area contributed by atoms with E-state index in [9.17, 15) is 8.42 Å². The van der Waals surface area contributed by atoms with Gasteiger partial charge in [-0.25, -0.2) is 12.7 Å². The number of hydrogen-bond acceptors (Lipinski definition) is 2. The van der Waals surface area contributed by atoms with Crippen LogP contribution in [0.5, 0.6) is 0 Å². The summed E-state index contributed by atoms with van der Waals surface area (Å²) >= 11 is 0. The highest BCUT2D eigenvalue weighted by Crippen LogP contribution is 2.17. The first-order valence-electron chi connectivity index (χ1n) is 8.04. The molecular weight excluding hydrogens is 334 g/mol. The van der Waals surface area contributed by atoms with Crippen molar-refractivity contribution in [2.75, 3.05) is 6.54 Å². The number of aryl methyl sites for hydroxylation is 1. The topological polar surface area (TPSA) is 37.4 Å². The second kappa shape index (κ2) is 8.39. The van der Waals surface area contributed by atoms with Crippen LogP contribution in [-0.2, 0) is 10.0 Å². The quantitative estimate of drug-likeness (QED) is 0.327. The molecule has 24 heavy (non-hydrogen) atoms. The number of benzene rings is 1. The van der Waals surface area contributed by atoms with Crippen molar-refractivity contribution < 1.29 is 8.42 Å². The highest BCUT2D eigenvalue weighted by molar-refractivity contribution is 7.89. The standard InChI is InChI=1S/C19H27NO2SSi/c1-7-17(2)9-8-14-20(15-16-24(4,5)6)23(21,22)19-12-10-18(3)11-13-19/h10-13H,1,8-9,14H2,2-6H3. The zero-order chi connectivity index (χ0) is 18.4. The van der Waals surface area contributed by atoms with E-state index >= 15 is 0 Å². The van der Waals surface area contributed by atoms with E-state index in [4.69, 9.17) is 0 Å². The van der Waals surface area contributed by atoms with Crippen LogP contribution in [0.2, 0.25) is 19.6 Å². The fourth-order valence-electron chi connectivity index (χ4n) is 1.88. The van der Waals surface area contributed by atoms with Gasteiger partial charge in [0.05, 0.1) is 4.90 Å². The Balaban J connectivity index is 3.12. The van der Waals surface area contributed by atoms with Gasteiger partial charge in [0.1, 0.15) is 8.07 Å². The molecule has 0 saturated heterocycles. The summed E-state index contributed by atoms with van der Waals surface area (Å²) in [5, 5.41) is 0. The van der Waals surface area contributed by atoms with E-state index in [2.05, 4.69) is 43.5 Å². The monoisotopic (exact) mass is 361 g/mol. The molecule has 1 aromatic carbocycles. The smallest absolute Gasteiger partial charge is 0.225 e. The third-order valence-corrected chi connectivity index (χ3v) is 5.96. The average molecular weight is 362 g/mol. The van der Waals surface area contributed by atoms with Gasteiger partial charge in [0, 0.05) is 12.6 Å². The molecule has 0 saturated carbocycles. The summed E-state index contributed by atoms with van der Waals surface area (Å²) < 4.78 is 27.1. The number of sulfonamides is 1. The molecule has 0 aliphatic heterocycles. The fourth-order valence-corrected chi connectivity index (χ4v) is 3.70. The van der Waals surface area contributed by atoms with Crippen molar-refractivity contribution in [2.45, 2.75) is 51.2 Å². The van der Waals surface area contributed by atoms with Crippen molar-refractivity contribution in [3.8, 4) is 11.6 Å². The Bertz CT molecular complexity index is 771. The largest absolute Gasteiger partial charge is 0.270 e. The zero-order valence-electron chi connectivity index (χ0n) is 15.3. The molecule has 130 valence electrons. The molecule has 0 aliphatic rings. The maximum Gasteiger partial charge on any atom is 0.270 e. The van der Waals surface area contributed by atoms with Crippen LogP contribution in [0.3, 0.4) is 0 Å². The summed E-state index contributed by atoms with van der Waals surface area (Å²) in [6.07, 6.45) is 1.46. The second-order valence-electron chi connectivity index (χ2n) is 6.94. The summed E-state index contributed by atoms with van der Waals surface area (Å²) in [6, 6.07) is 9.81. The molecule has 0 aliphatic carbocycles. The summed E-state index contributed by atoms with van der Waals surface area (Å²) in [5.41, 5.74) is 8.06. The molecule has 0 spiro atoms. The molecule has 1 rings (SSSR count). The lowest BCUT2D eigenvalue weighted by Crippen LogP contribution is -2.29. The predicted octanol–water partition coefficient (Wildman–Crippen LogP) is 4.34. The first kappa shape index (κ1) is 20.3. The molecule has 0 fully saturated rings. The summed E-state index contributed by atoms with van der Waals surface area (Å²) in [4.78, 5) is 0.286. The highest BCUT2D eigenvalue weighted by Gasteiger charge is 2.22. The van der Waals surface area contributed by atoms with Gasteiger partial charge in [-0.3, -0.25) is 0 Å². The van der Waals surface area contributed by atoms with E-state index in [-0.39, 0.29) is 4.90 Å². The van der Waals surface area contributed by atoms with Gasteiger partial charge in [-0.15, -0.1) is 11.3 Å². The van der Waals surface area contributed by atoms with Crippen molar-refractivity contribution in [1.29, 1.82) is 0 Å². The normalized spacial score (nSPS) is 11.2. The van der Waals surface area contributed by atoms with E-state index < -0.39 is 18.1 Å². The van der Waals surface area contributed by atoms with Gasteiger partial charge in [-0.1, -0.05) is 43.9 Å². The van der Waals surface area contributed by atoms with Crippen molar-refractivity contribution in [3.63, 3.8) is 0 Å². The number of nitrogens with zero attached hydrogens (tertiary/aromatic N) is 1. The lowest BCUT2D eigenvalue weighted by Gasteiger charge is -2.19. The Morgan fingerprint density at radius 3 is 2.29 bits per heavy atom. The van der Waals surface area contributed by atoms with Crippen molar-refractivity contribution >= 4 is 18.1 Å². The van der Waals surface area contributed by atoms with E-state index in [1.54, 1.807) is 12.1 Å². The van der Waals surface area contributed by atoms with Crippen LogP contribution in [-0.4, -0.2) is 27.3 Å². The minimum atomic E-state index is -3.61. The SMILES string of the molecule is C=C=C(C)CCCN(C#C[Si](C)(C)C)S(=O)(=O)c1ccc(C)cc1. The van der Waals surface area contributed by atoms with Crippen LogP contribution in [0.25, 0.3) is 0 Å². The zero-order valence-corrected chi connectivity index (χ0v) is 17.1. The Kier molecular flexibility index (Phi) is 7.10. The summed E-state index contributed by atoms with van der Waals surface area (Å²) in [5.74, 6) is 0. The molecule has 5 heteroatoms. The van der Waals surface area contributed by atoms with Crippen LogP contribution < -0.4 is 0 Å². The van der Waals surface area contributed by atoms with Crippen molar-refractivity contribution in [1.82, 2.24) is 4.31 Å². The molecule has 0 atom stereocenters. The minimum absolute atomic E-state index is 0.286. The Hall–Kier alpha value is -1.73. The molecule has 0 heterocycles. The van der Waals surface area contributed by atoms with Crippen molar-refractivity contribution in [3.05, 3.63) is 47.7 Å². The van der Waals surface area contributed by atoms with Gasteiger partial charge in [-0.05, 0) is 44.4 Å². The van der Waals surface area contributed by atoms with E-state index in [1.807, 2.05) is 26.0 Å². The van der Waals surface area contributed by atoms with Crippen LogP contribution in [0, 0.1) is 18.5 Å². The van der Waals surface area contributed by atoms with E-state index in [1.165, 1.54) is 4.31 Å². The van der Waals surface area contributed by atoms with Gasteiger partial charge in [0.25, 0.3) is 10.0 Å². The molecule has 0 N–H and O–H groups in total. The van der Waals surface area contributed by atoms with Gasteiger partial charge in [0.2, 0.25) is 0 Å². The maximum absolute atomic E-state index is 12.9. The first-order valence-corrected chi connectivity index (χ1v) is 13.0. The van der Waals surface area contributed by atoms with Gasteiger partial charge in [0.15, 0.2) is 0 Å². The average Bonchev–Trinajstić information content (AvgIpc) is 2.49. The second-order valence-corrected chi connectivity index (χ2v) is 13.5. The van der Waals surface area contributed by atoms with Crippen LogP contribution in [0.1, 0.15) is 25.3 Å². The number of allylic oxidation sites excluding steroid dienone is 1. The fraction of sp³-hybridized carbons (Fsp3) is 0.421. The third-order valence-electron chi connectivity index (χ3n) is 3.38. The van der Waals surface area contributed by atoms with E-state index in [0.29, 0.717) is 13.0 Å². The maximum atomic E-state index is 12.9. The van der Waals surface area contributed by atoms with Crippen molar-refractivity contribution in [2.24, 2.45) is 0 Å². The predicted molar refractivity (Wildman–Crippen MR) is 104 cm³/mol. The van der Waals surface area contributed by atoms with E-state index in [0.717, 1.165) is 17.6 Å². The molecule has 0 bridgehead atoms. The Morgan fingerprint density at radius 1 is 1.21 bits per heavy atom. The Labute approximate surface area is 148 Å². The highest BCUT2D eigenvalue weighted by atomic mass is 32.2. The third kappa shape index (κ3) is 6.41. The van der Waals surface area contributed by atoms with Crippen LogP contribution in [0.15, 0.2) is 47.0 Å². The number of hydrogen-bond donors (Lipinski definition) is 0. The van der Waals surface area contributed by atoms with Gasteiger partial charge < -0.3 is 0 Å². The molecule has 0 aromatic heterocycles.